The van der Waals surface area contributed by atoms with Gasteiger partial charge in [0.2, 0.25) is 0 Å². The van der Waals surface area contributed by atoms with Gasteiger partial charge in [-0.3, -0.25) is 0 Å². The van der Waals surface area contributed by atoms with Gasteiger partial charge in [-0.1, -0.05) is 48.0 Å². The van der Waals surface area contributed by atoms with Crippen molar-refractivity contribution in [2.75, 3.05) is 17.6 Å². The van der Waals surface area contributed by atoms with Gasteiger partial charge < -0.3 is 10.6 Å². The van der Waals surface area contributed by atoms with E-state index in [4.69, 9.17) is 12.2 Å². The summed E-state index contributed by atoms with van der Waals surface area (Å²) >= 11 is 9.07. The van der Waals surface area contributed by atoms with Crippen molar-refractivity contribution >= 4 is 46.5 Å². The Hall–Kier alpha value is -1.95. The van der Waals surface area contributed by atoms with E-state index in [2.05, 4.69) is 90.4 Å². The van der Waals surface area contributed by atoms with Gasteiger partial charge in [0.05, 0.1) is 0 Å². The third-order valence-corrected chi connectivity index (χ3v) is 6.38. The first-order chi connectivity index (χ1) is 13.7. The van der Waals surface area contributed by atoms with E-state index in [0.717, 1.165) is 23.7 Å². The van der Waals surface area contributed by atoms with Crippen LogP contribution in [0.15, 0.2) is 88.7 Å². The summed E-state index contributed by atoms with van der Waals surface area (Å²) in [6, 6.07) is 27.5. The number of anilines is 1. The molecule has 0 radical (unpaired) electrons. The Bertz CT molecular complexity index is 863. The van der Waals surface area contributed by atoms with Crippen LogP contribution in [0.3, 0.4) is 0 Å². The van der Waals surface area contributed by atoms with Gasteiger partial charge in [0, 0.05) is 33.5 Å². The van der Waals surface area contributed by atoms with Crippen LogP contribution in [0.4, 0.5) is 5.69 Å². The second-order valence-electron chi connectivity index (χ2n) is 6.34. The molecule has 0 spiro atoms. The monoisotopic (exact) mass is 424 g/mol. The SMILES string of the molecule is Cc1ccc(SCCNC(=S)Nc2ccc(CSc3ccccc3)cc2)cc1. The standard InChI is InChI=1S/C23H24N2S3/c1-18-7-13-22(14-8-18)27-16-15-24-23(26)25-20-11-9-19(10-12-20)17-28-21-5-3-2-4-6-21/h2-14H,15-17H2,1H3,(H2,24,25,26). The molecule has 3 aromatic carbocycles. The second-order valence-corrected chi connectivity index (χ2v) is 8.97. The fraction of sp³-hybridized carbons (Fsp3) is 0.174. The molecule has 3 rings (SSSR count). The summed E-state index contributed by atoms with van der Waals surface area (Å²) in [5.74, 6) is 1.93. The quantitative estimate of drug-likeness (QED) is 0.249. The molecule has 0 fully saturated rings. The molecule has 144 valence electrons. The molecule has 0 aliphatic rings. The summed E-state index contributed by atoms with van der Waals surface area (Å²) in [5.41, 5.74) is 3.60. The van der Waals surface area contributed by atoms with Gasteiger partial charge in [0.25, 0.3) is 0 Å². The van der Waals surface area contributed by atoms with Gasteiger partial charge in [-0.15, -0.1) is 23.5 Å². The fourth-order valence-corrected chi connectivity index (χ4v) is 4.37. The van der Waals surface area contributed by atoms with E-state index >= 15 is 0 Å². The smallest absolute Gasteiger partial charge is 0.170 e. The highest BCUT2D eigenvalue weighted by molar-refractivity contribution is 7.99. The Labute approximate surface area is 181 Å². The van der Waals surface area contributed by atoms with Crippen molar-refractivity contribution in [1.29, 1.82) is 0 Å². The molecule has 5 heteroatoms. The molecule has 0 amide bonds. The number of rotatable bonds is 8. The molecular formula is C23H24N2S3. The van der Waals surface area contributed by atoms with Gasteiger partial charge in [0.1, 0.15) is 0 Å². The van der Waals surface area contributed by atoms with Crippen LogP contribution < -0.4 is 10.6 Å². The van der Waals surface area contributed by atoms with Crippen molar-refractivity contribution in [2.24, 2.45) is 0 Å². The van der Waals surface area contributed by atoms with Crippen LogP contribution in [-0.2, 0) is 5.75 Å². The summed E-state index contributed by atoms with van der Waals surface area (Å²) < 4.78 is 0. The Morgan fingerprint density at radius 1 is 0.821 bits per heavy atom. The van der Waals surface area contributed by atoms with E-state index < -0.39 is 0 Å². The summed E-state index contributed by atoms with van der Waals surface area (Å²) in [5, 5.41) is 7.19. The first-order valence-electron chi connectivity index (χ1n) is 9.20. The van der Waals surface area contributed by atoms with Gasteiger partial charge in [0.15, 0.2) is 5.11 Å². The molecule has 0 bridgehead atoms. The largest absolute Gasteiger partial charge is 0.362 e. The Morgan fingerprint density at radius 2 is 1.50 bits per heavy atom. The average Bonchev–Trinajstić information content (AvgIpc) is 2.73. The number of aryl methyl sites for hydroxylation is 1. The van der Waals surface area contributed by atoms with Crippen LogP contribution in [0, 0.1) is 6.92 Å². The maximum atomic E-state index is 5.40. The van der Waals surface area contributed by atoms with Crippen molar-refractivity contribution in [3.05, 3.63) is 90.0 Å². The highest BCUT2D eigenvalue weighted by Crippen LogP contribution is 2.23. The van der Waals surface area contributed by atoms with Crippen molar-refractivity contribution in [3.8, 4) is 0 Å². The van der Waals surface area contributed by atoms with Gasteiger partial charge >= 0.3 is 0 Å². The third-order valence-electron chi connectivity index (χ3n) is 4.04. The van der Waals surface area contributed by atoms with Crippen LogP contribution in [0.1, 0.15) is 11.1 Å². The normalized spacial score (nSPS) is 10.5. The minimum absolute atomic E-state index is 0.663. The molecular weight excluding hydrogens is 400 g/mol. The van der Waals surface area contributed by atoms with Crippen LogP contribution >= 0.6 is 35.7 Å². The molecule has 2 N–H and O–H groups in total. The van der Waals surface area contributed by atoms with Crippen LogP contribution in [0.5, 0.6) is 0 Å². The Balaban J connectivity index is 1.36. The van der Waals surface area contributed by atoms with Gasteiger partial charge in [-0.2, -0.15) is 0 Å². The summed E-state index contributed by atoms with van der Waals surface area (Å²) in [6.45, 7) is 2.94. The highest BCUT2D eigenvalue weighted by atomic mass is 32.2. The van der Waals surface area contributed by atoms with E-state index in [1.807, 2.05) is 29.6 Å². The highest BCUT2D eigenvalue weighted by Gasteiger charge is 2.00. The third kappa shape index (κ3) is 7.23. The summed E-state index contributed by atoms with van der Waals surface area (Å²) in [7, 11) is 0. The van der Waals surface area contributed by atoms with Crippen LogP contribution in [-0.4, -0.2) is 17.4 Å². The molecule has 2 nitrogen and oxygen atoms in total. The lowest BCUT2D eigenvalue weighted by atomic mass is 10.2. The average molecular weight is 425 g/mol. The lowest BCUT2D eigenvalue weighted by Crippen LogP contribution is -2.30. The minimum Gasteiger partial charge on any atom is -0.362 e. The molecule has 0 atom stereocenters. The zero-order valence-electron chi connectivity index (χ0n) is 15.9. The van der Waals surface area contributed by atoms with Crippen LogP contribution in [0.25, 0.3) is 0 Å². The molecule has 3 aromatic rings. The predicted molar refractivity (Wildman–Crippen MR) is 129 cm³/mol. The van der Waals surface area contributed by atoms with Gasteiger partial charge in [-0.05, 0) is 61.1 Å². The summed E-state index contributed by atoms with van der Waals surface area (Å²) in [4.78, 5) is 2.58. The minimum atomic E-state index is 0.663. The predicted octanol–water partition coefficient (Wildman–Crippen LogP) is 6.37. The number of thioether (sulfide) groups is 2. The van der Waals surface area contributed by atoms with Crippen molar-refractivity contribution < 1.29 is 0 Å². The van der Waals surface area contributed by atoms with Gasteiger partial charge in [-0.25, -0.2) is 0 Å². The molecule has 0 heterocycles. The lowest BCUT2D eigenvalue weighted by molar-refractivity contribution is 0.990. The zero-order chi connectivity index (χ0) is 19.6. The maximum absolute atomic E-state index is 5.40. The lowest BCUT2D eigenvalue weighted by Gasteiger charge is -2.11. The van der Waals surface area contributed by atoms with E-state index in [9.17, 15) is 0 Å². The van der Waals surface area contributed by atoms with Crippen molar-refractivity contribution in [3.63, 3.8) is 0 Å². The van der Waals surface area contributed by atoms with Crippen LogP contribution in [0.2, 0.25) is 0 Å². The van der Waals surface area contributed by atoms with E-state index in [0.29, 0.717) is 5.11 Å². The van der Waals surface area contributed by atoms with E-state index in [1.165, 1.54) is 20.9 Å². The molecule has 0 unspecified atom stereocenters. The van der Waals surface area contributed by atoms with E-state index in [-0.39, 0.29) is 0 Å². The zero-order valence-corrected chi connectivity index (χ0v) is 18.3. The molecule has 0 aliphatic carbocycles. The molecule has 0 saturated carbocycles. The first kappa shape index (κ1) is 20.8. The molecule has 0 saturated heterocycles. The maximum Gasteiger partial charge on any atom is 0.170 e. The first-order valence-corrected chi connectivity index (χ1v) is 11.6. The molecule has 0 aliphatic heterocycles. The van der Waals surface area contributed by atoms with Crippen molar-refractivity contribution in [2.45, 2.75) is 22.5 Å². The van der Waals surface area contributed by atoms with Crippen molar-refractivity contribution in [1.82, 2.24) is 5.32 Å². The Morgan fingerprint density at radius 3 is 2.21 bits per heavy atom. The number of thiocarbonyl (C=S) groups is 1. The summed E-state index contributed by atoms with van der Waals surface area (Å²) in [6.07, 6.45) is 0. The number of hydrogen-bond donors (Lipinski definition) is 2. The number of nitrogens with one attached hydrogen (secondary N) is 2. The molecule has 0 aromatic heterocycles. The number of benzene rings is 3. The Kier molecular flexibility index (Phi) is 8.27. The molecule has 28 heavy (non-hydrogen) atoms. The topological polar surface area (TPSA) is 24.1 Å². The fourth-order valence-electron chi connectivity index (χ4n) is 2.51. The second kappa shape index (κ2) is 11.1. The number of hydrogen-bond acceptors (Lipinski definition) is 3. The van der Waals surface area contributed by atoms with E-state index in [1.54, 1.807) is 0 Å².